The summed E-state index contributed by atoms with van der Waals surface area (Å²) >= 11 is 0. The number of hydrogen-bond donors (Lipinski definition) is 1. The van der Waals surface area contributed by atoms with Crippen LogP contribution in [0, 0.1) is 5.92 Å². The van der Waals surface area contributed by atoms with Gasteiger partial charge in [-0.1, -0.05) is 30.3 Å². The van der Waals surface area contributed by atoms with E-state index in [1.54, 1.807) is 0 Å². The molecule has 2 atom stereocenters. The van der Waals surface area contributed by atoms with Gasteiger partial charge >= 0.3 is 5.97 Å². The molecule has 1 N–H and O–H groups in total. The molecule has 18 heavy (non-hydrogen) atoms. The number of nitrogens with one attached hydrogen (secondary N) is 1. The molecule has 0 amide bonds. The summed E-state index contributed by atoms with van der Waals surface area (Å²) in [6.07, 6.45) is 2.50. The number of esters is 1. The lowest BCUT2D eigenvalue weighted by atomic mass is 10.0. The molecule has 0 bridgehead atoms. The van der Waals surface area contributed by atoms with E-state index in [9.17, 15) is 4.79 Å². The maximum atomic E-state index is 11.7. The fraction of sp³-hybridized carbons (Fsp3) is 0.533. The zero-order valence-electron chi connectivity index (χ0n) is 10.9. The lowest BCUT2D eigenvalue weighted by Gasteiger charge is -2.14. The maximum Gasteiger partial charge on any atom is 0.306 e. The van der Waals surface area contributed by atoms with Gasteiger partial charge < -0.3 is 10.1 Å². The molecule has 1 fully saturated rings. The van der Waals surface area contributed by atoms with Crippen LogP contribution in [0.3, 0.4) is 0 Å². The van der Waals surface area contributed by atoms with Crippen molar-refractivity contribution in [1.29, 1.82) is 0 Å². The van der Waals surface area contributed by atoms with E-state index in [1.165, 1.54) is 6.42 Å². The molecule has 3 nitrogen and oxygen atoms in total. The van der Waals surface area contributed by atoms with E-state index in [-0.39, 0.29) is 12.1 Å². The lowest BCUT2D eigenvalue weighted by Crippen LogP contribution is -2.13. The van der Waals surface area contributed by atoms with Gasteiger partial charge in [0, 0.05) is 6.42 Å². The van der Waals surface area contributed by atoms with Crippen molar-refractivity contribution >= 4 is 5.97 Å². The average Bonchev–Trinajstić information content (AvgIpc) is 2.90. The van der Waals surface area contributed by atoms with Crippen LogP contribution in [0.25, 0.3) is 0 Å². The third-order valence-electron chi connectivity index (χ3n) is 3.50. The van der Waals surface area contributed by atoms with Crippen molar-refractivity contribution in [3.05, 3.63) is 35.9 Å². The Morgan fingerprint density at radius 1 is 1.44 bits per heavy atom. The molecule has 0 aliphatic carbocycles. The van der Waals surface area contributed by atoms with E-state index >= 15 is 0 Å². The van der Waals surface area contributed by atoms with Crippen molar-refractivity contribution in [2.24, 2.45) is 5.92 Å². The minimum Gasteiger partial charge on any atom is -0.458 e. The predicted molar refractivity (Wildman–Crippen MR) is 71.2 cm³/mol. The topological polar surface area (TPSA) is 38.3 Å². The van der Waals surface area contributed by atoms with Crippen molar-refractivity contribution in [1.82, 2.24) is 5.32 Å². The summed E-state index contributed by atoms with van der Waals surface area (Å²) in [5.74, 6) is 0.558. The summed E-state index contributed by atoms with van der Waals surface area (Å²) in [7, 11) is 0. The van der Waals surface area contributed by atoms with E-state index in [0.29, 0.717) is 12.3 Å². The fourth-order valence-electron chi connectivity index (χ4n) is 2.33. The Hall–Kier alpha value is -1.35. The second kappa shape index (κ2) is 6.55. The summed E-state index contributed by atoms with van der Waals surface area (Å²) in [5.41, 5.74) is 1.05. The molecule has 1 aromatic carbocycles. The average molecular weight is 247 g/mol. The van der Waals surface area contributed by atoms with E-state index in [4.69, 9.17) is 4.74 Å². The Bertz CT molecular complexity index is 371. The van der Waals surface area contributed by atoms with E-state index in [0.717, 1.165) is 25.1 Å². The van der Waals surface area contributed by atoms with Crippen molar-refractivity contribution in [3.8, 4) is 0 Å². The highest BCUT2D eigenvalue weighted by Gasteiger charge is 2.17. The van der Waals surface area contributed by atoms with Gasteiger partial charge in [-0.3, -0.25) is 4.79 Å². The van der Waals surface area contributed by atoms with E-state index in [2.05, 4.69) is 5.32 Å². The molecular formula is C15H21NO2. The van der Waals surface area contributed by atoms with Crippen molar-refractivity contribution in [2.75, 3.05) is 13.1 Å². The number of rotatable bonds is 5. The third kappa shape index (κ3) is 3.84. The summed E-state index contributed by atoms with van der Waals surface area (Å²) in [6.45, 7) is 4.05. The molecule has 1 saturated heterocycles. The Balaban J connectivity index is 1.73. The first-order chi connectivity index (χ1) is 8.75. The van der Waals surface area contributed by atoms with Gasteiger partial charge in [-0.2, -0.15) is 0 Å². The van der Waals surface area contributed by atoms with Gasteiger partial charge in [0.2, 0.25) is 0 Å². The van der Waals surface area contributed by atoms with Crippen LogP contribution in [0.4, 0.5) is 0 Å². The quantitative estimate of drug-likeness (QED) is 0.813. The lowest BCUT2D eigenvalue weighted by molar-refractivity contribution is -0.148. The number of hydrogen-bond acceptors (Lipinski definition) is 3. The second-order valence-electron chi connectivity index (χ2n) is 4.94. The second-order valence-corrected chi connectivity index (χ2v) is 4.94. The molecule has 2 unspecified atom stereocenters. The maximum absolute atomic E-state index is 11.7. The first-order valence-electron chi connectivity index (χ1n) is 6.71. The first-order valence-corrected chi connectivity index (χ1v) is 6.71. The molecule has 2 rings (SSSR count). The van der Waals surface area contributed by atoms with Gasteiger partial charge in [0.25, 0.3) is 0 Å². The smallest absolute Gasteiger partial charge is 0.306 e. The highest BCUT2D eigenvalue weighted by Crippen LogP contribution is 2.19. The van der Waals surface area contributed by atoms with E-state index in [1.807, 2.05) is 37.3 Å². The van der Waals surface area contributed by atoms with Crippen LogP contribution in [0.2, 0.25) is 0 Å². The van der Waals surface area contributed by atoms with Gasteiger partial charge in [0.15, 0.2) is 0 Å². The van der Waals surface area contributed by atoms with Gasteiger partial charge in [-0.15, -0.1) is 0 Å². The molecule has 1 aliphatic rings. The highest BCUT2D eigenvalue weighted by molar-refractivity contribution is 5.69. The molecule has 0 saturated carbocycles. The van der Waals surface area contributed by atoms with E-state index < -0.39 is 0 Å². The van der Waals surface area contributed by atoms with Crippen LogP contribution in [0.15, 0.2) is 30.3 Å². The summed E-state index contributed by atoms with van der Waals surface area (Å²) in [5, 5.41) is 3.31. The fourth-order valence-corrected chi connectivity index (χ4v) is 2.33. The van der Waals surface area contributed by atoms with Gasteiger partial charge in [0.05, 0.1) is 0 Å². The highest BCUT2D eigenvalue weighted by atomic mass is 16.5. The largest absolute Gasteiger partial charge is 0.458 e. The number of ether oxygens (including phenoxy) is 1. The minimum atomic E-state index is -0.152. The van der Waals surface area contributed by atoms with Crippen molar-refractivity contribution in [2.45, 2.75) is 32.3 Å². The van der Waals surface area contributed by atoms with Gasteiger partial charge in [-0.25, -0.2) is 0 Å². The number of carbonyl (C=O) groups excluding carboxylic acids is 1. The molecular weight excluding hydrogens is 226 g/mol. The first kappa shape index (κ1) is 13.1. The molecule has 0 spiro atoms. The Kier molecular flexibility index (Phi) is 4.76. The zero-order valence-corrected chi connectivity index (χ0v) is 10.9. The van der Waals surface area contributed by atoms with Gasteiger partial charge in [0.1, 0.15) is 6.10 Å². The number of carbonyl (C=O) groups is 1. The van der Waals surface area contributed by atoms with Crippen molar-refractivity contribution in [3.63, 3.8) is 0 Å². The molecule has 98 valence electrons. The van der Waals surface area contributed by atoms with Crippen molar-refractivity contribution < 1.29 is 9.53 Å². The zero-order chi connectivity index (χ0) is 12.8. The molecule has 1 aromatic rings. The predicted octanol–water partition coefficient (Wildman–Crippen LogP) is 2.68. The standard InChI is InChI=1S/C15H21NO2/c1-12(14-5-3-2-4-6-14)18-15(17)8-7-13-9-10-16-11-13/h2-6,12-13,16H,7-11H2,1H3. The Labute approximate surface area is 109 Å². The SMILES string of the molecule is CC(OC(=O)CCC1CCNC1)c1ccccc1. The summed E-state index contributed by atoms with van der Waals surface area (Å²) < 4.78 is 5.44. The minimum absolute atomic E-state index is 0.0850. The normalized spacial score (nSPS) is 20.6. The molecule has 0 aromatic heterocycles. The third-order valence-corrected chi connectivity index (χ3v) is 3.50. The number of benzene rings is 1. The molecule has 0 radical (unpaired) electrons. The molecule has 1 aliphatic heterocycles. The monoisotopic (exact) mass is 247 g/mol. The van der Waals surface area contributed by atoms with Crippen LogP contribution in [-0.2, 0) is 9.53 Å². The van der Waals surface area contributed by atoms with Crippen LogP contribution in [0.1, 0.15) is 37.9 Å². The Morgan fingerprint density at radius 2 is 2.22 bits per heavy atom. The Morgan fingerprint density at radius 3 is 2.89 bits per heavy atom. The van der Waals surface area contributed by atoms with Gasteiger partial charge in [-0.05, 0) is 44.3 Å². The molecule has 3 heteroatoms. The molecule has 1 heterocycles. The van der Waals surface area contributed by atoms with Crippen LogP contribution in [-0.4, -0.2) is 19.1 Å². The van der Waals surface area contributed by atoms with Crippen LogP contribution >= 0.6 is 0 Å². The van der Waals surface area contributed by atoms with Crippen LogP contribution < -0.4 is 5.32 Å². The van der Waals surface area contributed by atoms with Crippen LogP contribution in [0.5, 0.6) is 0 Å². The summed E-state index contributed by atoms with van der Waals surface area (Å²) in [6, 6.07) is 9.86. The summed E-state index contributed by atoms with van der Waals surface area (Å²) in [4.78, 5) is 11.7.